The Labute approximate surface area is 84.3 Å². The Morgan fingerprint density at radius 3 is 3.07 bits per heavy atom. The van der Waals surface area contributed by atoms with Gasteiger partial charge in [-0.2, -0.15) is 0 Å². The van der Waals surface area contributed by atoms with Crippen LogP contribution in [0.5, 0.6) is 0 Å². The van der Waals surface area contributed by atoms with Gasteiger partial charge in [0.1, 0.15) is 5.82 Å². The molecule has 0 saturated carbocycles. The van der Waals surface area contributed by atoms with E-state index in [4.69, 9.17) is 0 Å². The smallest absolute Gasteiger partial charge is 0.123 e. The van der Waals surface area contributed by atoms with E-state index >= 15 is 0 Å². The molecular formula is C12H16FN. The lowest BCUT2D eigenvalue weighted by atomic mass is 9.99. The quantitative estimate of drug-likeness (QED) is 0.777. The number of aryl methyl sites for hydroxylation is 1. The highest BCUT2D eigenvalue weighted by molar-refractivity contribution is 5.16. The van der Waals surface area contributed by atoms with Crippen LogP contribution in [0.25, 0.3) is 0 Å². The van der Waals surface area contributed by atoms with Gasteiger partial charge in [0.25, 0.3) is 0 Å². The van der Waals surface area contributed by atoms with Gasteiger partial charge in [-0.1, -0.05) is 12.1 Å². The molecule has 1 saturated heterocycles. The minimum Gasteiger partial charge on any atom is -0.316 e. The Morgan fingerprint density at radius 1 is 1.43 bits per heavy atom. The molecule has 14 heavy (non-hydrogen) atoms. The molecule has 1 aromatic carbocycles. The van der Waals surface area contributed by atoms with E-state index in [1.807, 2.05) is 6.07 Å². The molecule has 0 radical (unpaired) electrons. The third-order valence-corrected chi connectivity index (χ3v) is 2.89. The second-order valence-electron chi connectivity index (χ2n) is 4.03. The number of hydrogen-bond donors (Lipinski definition) is 1. The van der Waals surface area contributed by atoms with Gasteiger partial charge in [0.05, 0.1) is 0 Å². The number of hydrogen-bond acceptors (Lipinski definition) is 1. The average Bonchev–Trinajstić information content (AvgIpc) is 2.67. The van der Waals surface area contributed by atoms with Gasteiger partial charge in [-0.15, -0.1) is 0 Å². The van der Waals surface area contributed by atoms with Crippen molar-refractivity contribution in [3.05, 3.63) is 35.6 Å². The summed E-state index contributed by atoms with van der Waals surface area (Å²) in [5.41, 5.74) is 1.12. The Morgan fingerprint density at radius 2 is 2.36 bits per heavy atom. The fourth-order valence-electron chi connectivity index (χ4n) is 2.02. The van der Waals surface area contributed by atoms with E-state index in [2.05, 4.69) is 5.32 Å². The van der Waals surface area contributed by atoms with Crippen molar-refractivity contribution in [1.82, 2.24) is 5.32 Å². The van der Waals surface area contributed by atoms with Gasteiger partial charge in [-0.25, -0.2) is 4.39 Å². The topological polar surface area (TPSA) is 12.0 Å². The molecule has 0 spiro atoms. The van der Waals surface area contributed by atoms with Crippen molar-refractivity contribution < 1.29 is 4.39 Å². The predicted octanol–water partition coefficient (Wildman–Crippen LogP) is 2.37. The van der Waals surface area contributed by atoms with Crippen molar-refractivity contribution in [3.8, 4) is 0 Å². The molecule has 0 aliphatic carbocycles. The second-order valence-corrected chi connectivity index (χ2v) is 4.03. The highest BCUT2D eigenvalue weighted by Gasteiger charge is 2.13. The Kier molecular flexibility index (Phi) is 3.14. The van der Waals surface area contributed by atoms with Gasteiger partial charge < -0.3 is 5.32 Å². The highest BCUT2D eigenvalue weighted by Crippen LogP contribution is 2.16. The van der Waals surface area contributed by atoms with Crippen LogP contribution in [0.15, 0.2) is 24.3 Å². The summed E-state index contributed by atoms with van der Waals surface area (Å²) in [5.74, 6) is 0.672. The maximum Gasteiger partial charge on any atom is 0.123 e. The lowest BCUT2D eigenvalue weighted by Gasteiger charge is -2.07. The van der Waals surface area contributed by atoms with Crippen LogP contribution < -0.4 is 5.32 Å². The Hall–Kier alpha value is -0.890. The molecule has 1 aromatic rings. The second kappa shape index (κ2) is 4.56. The fraction of sp³-hybridized carbons (Fsp3) is 0.500. The standard InChI is InChI=1S/C12H16FN/c13-12-3-1-2-10(8-12)4-5-11-6-7-14-9-11/h1-3,8,11,14H,4-7,9H2/t11-/m1/s1. The molecule has 0 bridgehead atoms. The molecule has 1 heterocycles. The van der Waals surface area contributed by atoms with Crippen LogP contribution in [0.1, 0.15) is 18.4 Å². The van der Waals surface area contributed by atoms with Gasteiger partial charge in [0.2, 0.25) is 0 Å². The first-order valence-electron chi connectivity index (χ1n) is 5.30. The summed E-state index contributed by atoms with van der Waals surface area (Å²) in [6.07, 6.45) is 3.45. The monoisotopic (exact) mass is 193 g/mol. The summed E-state index contributed by atoms with van der Waals surface area (Å²) in [5, 5.41) is 3.35. The summed E-state index contributed by atoms with van der Waals surface area (Å²) >= 11 is 0. The van der Waals surface area contributed by atoms with Crippen LogP contribution in [0.2, 0.25) is 0 Å². The molecule has 1 fully saturated rings. The summed E-state index contributed by atoms with van der Waals surface area (Å²) in [6, 6.07) is 6.94. The summed E-state index contributed by atoms with van der Waals surface area (Å²) in [6.45, 7) is 2.28. The molecule has 2 rings (SSSR count). The molecule has 0 unspecified atom stereocenters. The average molecular weight is 193 g/mol. The zero-order valence-corrected chi connectivity index (χ0v) is 8.30. The van der Waals surface area contributed by atoms with E-state index in [0.29, 0.717) is 0 Å². The number of nitrogens with one attached hydrogen (secondary N) is 1. The predicted molar refractivity (Wildman–Crippen MR) is 55.7 cm³/mol. The van der Waals surface area contributed by atoms with Crippen LogP contribution >= 0.6 is 0 Å². The fourth-order valence-corrected chi connectivity index (χ4v) is 2.02. The first kappa shape index (κ1) is 9.66. The molecule has 76 valence electrons. The molecule has 1 atom stereocenters. The zero-order valence-electron chi connectivity index (χ0n) is 8.30. The number of halogens is 1. The molecule has 1 nitrogen and oxygen atoms in total. The minimum absolute atomic E-state index is 0.118. The van der Waals surface area contributed by atoms with Crippen molar-refractivity contribution in [2.24, 2.45) is 5.92 Å². The third-order valence-electron chi connectivity index (χ3n) is 2.89. The van der Waals surface area contributed by atoms with Crippen LogP contribution in [-0.4, -0.2) is 13.1 Å². The highest BCUT2D eigenvalue weighted by atomic mass is 19.1. The number of rotatable bonds is 3. The van der Waals surface area contributed by atoms with Gasteiger partial charge >= 0.3 is 0 Å². The Balaban J connectivity index is 1.85. The van der Waals surface area contributed by atoms with Crippen molar-refractivity contribution in [1.29, 1.82) is 0 Å². The van der Waals surface area contributed by atoms with Crippen LogP contribution in [0.3, 0.4) is 0 Å². The van der Waals surface area contributed by atoms with Gasteiger partial charge in [-0.05, 0) is 56.0 Å². The van der Waals surface area contributed by atoms with Crippen LogP contribution in [0.4, 0.5) is 4.39 Å². The van der Waals surface area contributed by atoms with Crippen LogP contribution in [0, 0.1) is 11.7 Å². The lowest BCUT2D eigenvalue weighted by molar-refractivity contribution is 0.531. The minimum atomic E-state index is -0.118. The van der Waals surface area contributed by atoms with Gasteiger partial charge in [-0.3, -0.25) is 0 Å². The van der Waals surface area contributed by atoms with E-state index < -0.39 is 0 Å². The van der Waals surface area contributed by atoms with Crippen molar-refractivity contribution >= 4 is 0 Å². The molecule has 1 aliphatic heterocycles. The van der Waals surface area contributed by atoms with Gasteiger partial charge in [0, 0.05) is 0 Å². The SMILES string of the molecule is Fc1cccc(CC[C@@H]2CCNC2)c1. The van der Waals surface area contributed by atoms with Crippen molar-refractivity contribution in [3.63, 3.8) is 0 Å². The maximum absolute atomic E-state index is 12.9. The zero-order chi connectivity index (χ0) is 9.80. The molecule has 0 aromatic heterocycles. The summed E-state index contributed by atoms with van der Waals surface area (Å²) in [7, 11) is 0. The third kappa shape index (κ3) is 2.55. The van der Waals surface area contributed by atoms with Crippen molar-refractivity contribution in [2.45, 2.75) is 19.3 Å². The normalized spacial score (nSPS) is 21.4. The van der Waals surface area contributed by atoms with E-state index in [1.165, 1.54) is 18.9 Å². The van der Waals surface area contributed by atoms with Crippen molar-refractivity contribution in [2.75, 3.05) is 13.1 Å². The van der Waals surface area contributed by atoms with E-state index in [1.54, 1.807) is 12.1 Å². The maximum atomic E-state index is 12.9. The molecule has 1 N–H and O–H groups in total. The molecule has 0 amide bonds. The summed E-state index contributed by atoms with van der Waals surface area (Å²) < 4.78 is 12.9. The van der Waals surface area contributed by atoms with E-state index in [9.17, 15) is 4.39 Å². The first-order chi connectivity index (χ1) is 6.84. The van der Waals surface area contributed by atoms with Gasteiger partial charge in [0.15, 0.2) is 0 Å². The number of benzene rings is 1. The lowest BCUT2D eigenvalue weighted by Crippen LogP contribution is -2.09. The first-order valence-corrected chi connectivity index (χ1v) is 5.30. The van der Waals surface area contributed by atoms with E-state index in [0.717, 1.165) is 31.0 Å². The molecule has 2 heteroatoms. The molecular weight excluding hydrogens is 177 g/mol. The van der Waals surface area contributed by atoms with E-state index in [-0.39, 0.29) is 5.82 Å². The largest absolute Gasteiger partial charge is 0.316 e. The Bertz CT molecular complexity index is 292. The summed E-state index contributed by atoms with van der Waals surface area (Å²) in [4.78, 5) is 0. The molecule has 1 aliphatic rings. The van der Waals surface area contributed by atoms with Crippen LogP contribution in [-0.2, 0) is 6.42 Å².